The molecule has 4 nitrogen and oxygen atoms in total. The lowest BCUT2D eigenvalue weighted by Crippen LogP contribution is -2.19. The Labute approximate surface area is 102 Å². The molecule has 0 aromatic carbocycles. The van der Waals surface area contributed by atoms with E-state index in [9.17, 15) is 4.79 Å². The van der Waals surface area contributed by atoms with E-state index in [1.165, 1.54) is 0 Å². The van der Waals surface area contributed by atoms with Crippen molar-refractivity contribution in [3.8, 4) is 0 Å². The number of carbonyl (C=O) groups is 1. The monoisotopic (exact) mass is 233 g/mol. The van der Waals surface area contributed by atoms with Gasteiger partial charge in [0.15, 0.2) is 0 Å². The van der Waals surface area contributed by atoms with Crippen LogP contribution in [0.4, 0.5) is 5.95 Å². The van der Waals surface area contributed by atoms with Gasteiger partial charge in [0, 0.05) is 18.0 Å². The van der Waals surface area contributed by atoms with Crippen LogP contribution in [0.15, 0.2) is 18.9 Å². The van der Waals surface area contributed by atoms with E-state index in [2.05, 4.69) is 42.6 Å². The summed E-state index contributed by atoms with van der Waals surface area (Å²) >= 11 is 0. The highest BCUT2D eigenvalue weighted by atomic mass is 16.1. The van der Waals surface area contributed by atoms with Crippen LogP contribution in [0.25, 0.3) is 0 Å². The first-order valence-electron chi connectivity index (χ1n) is 5.59. The van der Waals surface area contributed by atoms with E-state index in [1.807, 2.05) is 6.92 Å². The van der Waals surface area contributed by atoms with Crippen molar-refractivity contribution in [1.29, 1.82) is 0 Å². The Hall–Kier alpha value is -1.71. The molecule has 0 atom stereocenters. The Balaban J connectivity index is 2.97. The second-order valence-corrected chi connectivity index (χ2v) is 5.02. The fourth-order valence-electron chi connectivity index (χ4n) is 1.57. The highest BCUT2D eigenvalue weighted by Gasteiger charge is 2.19. The summed E-state index contributed by atoms with van der Waals surface area (Å²) < 4.78 is 0. The summed E-state index contributed by atoms with van der Waals surface area (Å²) in [7, 11) is 0. The molecule has 1 N–H and O–H groups in total. The first-order valence-corrected chi connectivity index (χ1v) is 5.59. The third-order valence-electron chi connectivity index (χ3n) is 2.26. The summed E-state index contributed by atoms with van der Waals surface area (Å²) in [6.45, 7) is 11.7. The zero-order valence-electron chi connectivity index (χ0n) is 10.9. The molecule has 0 aliphatic carbocycles. The van der Waals surface area contributed by atoms with Crippen molar-refractivity contribution < 1.29 is 4.79 Å². The van der Waals surface area contributed by atoms with E-state index in [1.54, 1.807) is 12.3 Å². The van der Waals surface area contributed by atoms with Crippen LogP contribution in [0.2, 0.25) is 0 Å². The SMILES string of the molecule is C=CCC(=O)Nc1ncc(C)c(C(C)(C)C)n1. The van der Waals surface area contributed by atoms with E-state index < -0.39 is 0 Å². The van der Waals surface area contributed by atoms with Gasteiger partial charge in [0.1, 0.15) is 0 Å². The number of rotatable bonds is 3. The number of nitrogens with zero attached hydrogens (tertiary/aromatic N) is 2. The molecule has 0 saturated heterocycles. The van der Waals surface area contributed by atoms with Gasteiger partial charge in [-0.15, -0.1) is 6.58 Å². The molecule has 1 heterocycles. The van der Waals surface area contributed by atoms with Gasteiger partial charge >= 0.3 is 0 Å². The predicted molar refractivity (Wildman–Crippen MR) is 68.9 cm³/mol. The molecule has 1 aromatic rings. The molecule has 92 valence electrons. The summed E-state index contributed by atoms with van der Waals surface area (Å²) in [5.74, 6) is 0.205. The van der Waals surface area contributed by atoms with Gasteiger partial charge in [-0.1, -0.05) is 26.8 Å². The van der Waals surface area contributed by atoms with Crippen LogP contribution in [-0.2, 0) is 10.2 Å². The van der Waals surface area contributed by atoms with Crippen LogP contribution in [0.3, 0.4) is 0 Å². The molecular weight excluding hydrogens is 214 g/mol. The van der Waals surface area contributed by atoms with E-state index in [0.29, 0.717) is 5.95 Å². The number of hydrogen-bond donors (Lipinski definition) is 1. The Morgan fingerprint density at radius 3 is 2.71 bits per heavy atom. The maximum Gasteiger partial charge on any atom is 0.230 e. The minimum absolute atomic E-state index is 0.0645. The minimum atomic E-state index is -0.149. The molecule has 0 bridgehead atoms. The van der Waals surface area contributed by atoms with E-state index in [-0.39, 0.29) is 17.7 Å². The molecule has 17 heavy (non-hydrogen) atoms. The Morgan fingerprint density at radius 2 is 2.18 bits per heavy atom. The van der Waals surface area contributed by atoms with Crippen LogP contribution in [0, 0.1) is 6.92 Å². The predicted octanol–water partition coefficient (Wildman–Crippen LogP) is 2.60. The molecule has 0 aliphatic rings. The maximum absolute atomic E-state index is 11.4. The van der Waals surface area contributed by atoms with E-state index in [4.69, 9.17) is 0 Å². The maximum atomic E-state index is 11.4. The highest BCUT2D eigenvalue weighted by molar-refractivity contribution is 5.89. The van der Waals surface area contributed by atoms with Crippen molar-refractivity contribution in [3.63, 3.8) is 0 Å². The summed E-state index contributed by atoms with van der Waals surface area (Å²) in [6, 6.07) is 0. The minimum Gasteiger partial charge on any atom is -0.294 e. The first-order chi connectivity index (χ1) is 7.84. The van der Waals surface area contributed by atoms with Crippen molar-refractivity contribution in [1.82, 2.24) is 9.97 Å². The lowest BCUT2D eigenvalue weighted by molar-refractivity contribution is -0.115. The summed E-state index contributed by atoms with van der Waals surface area (Å²) in [6.07, 6.45) is 3.55. The second kappa shape index (κ2) is 5.08. The van der Waals surface area contributed by atoms with Crippen LogP contribution in [0.1, 0.15) is 38.4 Å². The normalized spacial score (nSPS) is 11.1. The first kappa shape index (κ1) is 13.4. The standard InChI is InChI=1S/C13H19N3O/c1-6-7-10(17)15-12-14-8-9(2)11(16-12)13(3,4)5/h6,8H,1,7H2,2-5H3,(H,14,15,16,17). The smallest absolute Gasteiger partial charge is 0.230 e. The molecule has 0 unspecified atom stereocenters. The van der Waals surface area contributed by atoms with Crippen LogP contribution in [-0.4, -0.2) is 15.9 Å². The number of aromatic nitrogens is 2. The molecule has 0 saturated carbocycles. The molecule has 0 fully saturated rings. The number of anilines is 1. The van der Waals surface area contributed by atoms with Crippen LogP contribution in [0.5, 0.6) is 0 Å². The Kier molecular flexibility index (Phi) is 3.99. The van der Waals surface area contributed by atoms with Gasteiger partial charge < -0.3 is 0 Å². The van der Waals surface area contributed by atoms with Crippen LogP contribution < -0.4 is 5.32 Å². The average Bonchev–Trinajstić information content (AvgIpc) is 2.19. The fourth-order valence-corrected chi connectivity index (χ4v) is 1.57. The van der Waals surface area contributed by atoms with Crippen molar-refractivity contribution >= 4 is 11.9 Å². The van der Waals surface area contributed by atoms with Gasteiger partial charge in [0.2, 0.25) is 11.9 Å². The molecule has 0 spiro atoms. The van der Waals surface area contributed by atoms with Crippen LogP contribution >= 0.6 is 0 Å². The molecule has 1 rings (SSSR count). The lowest BCUT2D eigenvalue weighted by atomic mass is 9.89. The number of nitrogens with one attached hydrogen (secondary N) is 1. The zero-order chi connectivity index (χ0) is 13.1. The van der Waals surface area contributed by atoms with Crippen molar-refractivity contribution in [2.45, 2.75) is 39.5 Å². The third kappa shape index (κ3) is 3.66. The zero-order valence-corrected chi connectivity index (χ0v) is 10.9. The number of amides is 1. The third-order valence-corrected chi connectivity index (χ3v) is 2.26. The number of hydrogen-bond acceptors (Lipinski definition) is 3. The van der Waals surface area contributed by atoms with E-state index in [0.717, 1.165) is 11.3 Å². The second-order valence-electron chi connectivity index (χ2n) is 5.02. The van der Waals surface area contributed by atoms with Crippen molar-refractivity contribution in [2.75, 3.05) is 5.32 Å². The largest absolute Gasteiger partial charge is 0.294 e. The topological polar surface area (TPSA) is 54.9 Å². The van der Waals surface area contributed by atoms with Gasteiger partial charge in [0.25, 0.3) is 0 Å². The highest BCUT2D eigenvalue weighted by Crippen LogP contribution is 2.23. The van der Waals surface area contributed by atoms with Gasteiger partial charge in [-0.2, -0.15) is 0 Å². The molecule has 4 heteroatoms. The number of aryl methyl sites for hydroxylation is 1. The fraction of sp³-hybridized carbons (Fsp3) is 0.462. The van der Waals surface area contributed by atoms with Gasteiger partial charge in [-0.3, -0.25) is 10.1 Å². The van der Waals surface area contributed by atoms with Gasteiger partial charge in [-0.05, 0) is 12.5 Å². The summed E-state index contributed by atoms with van der Waals surface area (Å²) in [4.78, 5) is 19.9. The molecule has 0 aliphatic heterocycles. The summed E-state index contributed by atoms with van der Waals surface area (Å²) in [5, 5.41) is 2.65. The average molecular weight is 233 g/mol. The molecule has 1 aromatic heterocycles. The van der Waals surface area contributed by atoms with E-state index >= 15 is 0 Å². The molecule has 0 radical (unpaired) electrons. The Bertz CT molecular complexity index is 433. The quantitative estimate of drug-likeness (QED) is 0.816. The van der Waals surface area contributed by atoms with Crippen molar-refractivity contribution in [2.24, 2.45) is 0 Å². The number of carbonyl (C=O) groups excluding carboxylic acids is 1. The summed E-state index contributed by atoms with van der Waals surface area (Å²) in [5.41, 5.74) is 1.91. The Morgan fingerprint density at radius 1 is 1.53 bits per heavy atom. The molecule has 1 amide bonds. The van der Waals surface area contributed by atoms with Crippen molar-refractivity contribution in [3.05, 3.63) is 30.1 Å². The van der Waals surface area contributed by atoms with Gasteiger partial charge in [0.05, 0.1) is 5.69 Å². The van der Waals surface area contributed by atoms with Gasteiger partial charge in [-0.25, -0.2) is 9.97 Å². The lowest BCUT2D eigenvalue weighted by Gasteiger charge is -2.20. The molecular formula is C13H19N3O.